The first-order chi connectivity index (χ1) is 29.1. The van der Waals surface area contributed by atoms with Crippen molar-refractivity contribution >= 4 is 17.9 Å². The van der Waals surface area contributed by atoms with Crippen LogP contribution >= 0.6 is 0 Å². The second-order valence-electron chi connectivity index (χ2n) is 16.3. The molecule has 340 valence electrons. The molecule has 0 amide bonds. The number of rotatable bonds is 40. The van der Waals surface area contributed by atoms with Gasteiger partial charge in [-0.25, -0.2) is 0 Å². The van der Waals surface area contributed by atoms with Gasteiger partial charge >= 0.3 is 11.9 Å². The first-order valence-electron chi connectivity index (χ1n) is 23.3. The molecule has 0 saturated carbocycles. The molecule has 0 aromatic carbocycles. The van der Waals surface area contributed by atoms with Gasteiger partial charge < -0.3 is 28.6 Å². The molecule has 8 heteroatoms. The summed E-state index contributed by atoms with van der Waals surface area (Å²) in [5.41, 5.74) is 0. The third kappa shape index (κ3) is 39.7. The average molecular weight is 836 g/mol. The van der Waals surface area contributed by atoms with Gasteiger partial charge in [-0.1, -0.05) is 156 Å². The first-order valence-corrected chi connectivity index (χ1v) is 23.3. The maximum atomic E-state index is 12.7. The number of likely N-dealkylation sites (N-methyl/N-ethyl adjacent to an activating group) is 1. The van der Waals surface area contributed by atoms with Crippen LogP contribution in [0.1, 0.15) is 162 Å². The summed E-state index contributed by atoms with van der Waals surface area (Å²) in [6.07, 6.45) is 55.9. The van der Waals surface area contributed by atoms with Gasteiger partial charge in [-0.3, -0.25) is 9.59 Å². The summed E-state index contributed by atoms with van der Waals surface area (Å²) in [5, 5.41) is 11.6. The zero-order valence-electron chi connectivity index (χ0n) is 38.6. The van der Waals surface area contributed by atoms with Gasteiger partial charge in [0.25, 0.3) is 0 Å². The van der Waals surface area contributed by atoms with E-state index in [0.29, 0.717) is 12.8 Å². The van der Waals surface area contributed by atoms with E-state index in [2.05, 4.69) is 105 Å². The molecule has 0 fully saturated rings. The molecule has 0 aliphatic carbocycles. The van der Waals surface area contributed by atoms with E-state index >= 15 is 0 Å². The Labute approximate surface area is 366 Å². The van der Waals surface area contributed by atoms with Crippen LogP contribution in [0.25, 0.3) is 0 Å². The Hall–Kier alpha value is -3.75. The summed E-state index contributed by atoms with van der Waals surface area (Å²) in [6.45, 7) is 4.43. The molecule has 0 radical (unpaired) electrons. The lowest BCUT2D eigenvalue weighted by Gasteiger charge is -2.34. The Balaban J connectivity index is 4.40. The van der Waals surface area contributed by atoms with Crippen LogP contribution in [0.4, 0.5) is 0 Å². The number of unbranched alkanes of at least 4 members (excludes halogenated alkanes) is 10. The fraction of sp³-hybridized carbons (Fsp3) is 0.635. The number of nitrogens with zero attached hydrogens (tertiary/aromatic N) is 1. The van der Waals surface area contributed by atoms with Crippen LogP contribution in [0, 0.1) is 0 Å². The number of quaternary nitrogens is 1. The molecule has 0 aromatic rings. The fourth-order valence-corrected chi connectivity index (χ4v) is 6.13. The number of allylic oxidation sites excluding steroid dienone is 16. The molecule has 8 nitrogen and oxygen atoms in total. The lowest BCUT2D eigenvalue weighted by molar-refractivity contribution is -0.889. The van der Waals surface area contributed by atoms with Crippen molar-refractivity contribution in [3.05, 3.63) is 97.2 Å². The van der Waals surface area contributed by atoms with Crippen LogP contribution in [0.3, 0.4) is 0 Å². The number of ether oxygens (including phenoxy) is 3. The van der Waals surface area contributed by atoms with Crippen molar-refractivity contribution in [3.63, 3.8) is 0 Å². The fourth-order valence-electron chi connectivity index (χ4n) is 6.13. The van der Waals surface area contributed by atoms with Gasteiger partial charge in [0.15, 0.2) is 6.10 Å². The molecule has 0 aliphatic rings. The van der Waals surface area contributed by atoms with E-state index in [-0.39, 0.29) is 43.1 Å². The Morgan fingerprint density at radius 3 is 1.45 bits per heavy atom. The smallest absolute Gasteiger partial charge is 0.306 e. The molecule has 0 saturated heterocycles. The van der Waals surface area contributed by atoms with Crippen molar-refractivity contribution in [2.75, 3.05) is 41.0 Å². The monoisotopic (exact) mass is 836 g/mol. The Morgan fingerprint density at radius 2 is 0.967 bits per heavy atom. The number of hydrogen-bond acceptors (Lipinski definition) is 7. The molecule has 2 unspecified atom stereocenters. The van der Waals surface area contributed by atoms with Gasteiger partial charge in [-0.2, -0.15) is 0 Å². The summed E-state index contributed by atoms with van der Waals surface area (Å²) >= 11 is 0. The van der Waals surface area contributed by atoms with E-state index in [1.54, 1.807) is 21.1 Å². The van der Waals surface area contributed by atoms with E-state index in [4.69, 9.17) is 14.2 Å². The maximum absolute atomic E-state index is 12.7. The summed E-state index contributed by atoms with van der Waals surface area (Å²) < 4.78 is 17.1. The average Bonchev–Trinajstić information content (AvgIpc) is 3.21. The number of carboxylic acids is 1. The predicted molar refractivity (Wildman–Crippen MR) is 249 cm³/mol. The largest absolute Gasteiger partial charge is 0.544 e. The molecule has 60 heavy (non-hydrogen) atoms. The molecule has 0 heterocycles. The van der Waals surface area contributed by atoms with Gasteiger partial charge in [0.05, 0.1) is 40.3 Å². The molecular formula is C52H85NO7. The number of hydrogen-bond donors (Lipinski definition) is 0. The normalized spacial score (nSPS) is 13.8. The quantitative estimate of drug-likeness (QED) is 0.0262. The Morgan fingerprint density at radius 1 is 0.517 bits per heavy atom. The molecule has 0 bridgehead atoms. The highest BCUT2D eigenvalue weighted by atomic mass is 16.6. The lowest BCUT2D eigenvalue weighted by Crippen LogP contribution is -2.55. The first kappa shape index (κ1) is 56.2. The highest BCUT2D eigenvalue weighted by Crippen LogP contribution is 2.11. The predicted octanol–water partition coefficient (Wildman–Crippen LogP) is 11.7. The molecule has 2 atom stereocenters. The van der Waals surface area contributed by atoms with Crippen molar-refractivity contribution in [1.29, 1.82) is 0 Å². The Kier molecular flexibility index (Phi) is 39.3. The van der Waals surface area contributed by atoms with E-state index in [9.17, 15) is 19.5 Å². The van der Waals surface area contributed by atoms with Crippen molar-refractivity contribution in [3.8, 4) is 0 Å². The van der Waals surface area contributed by atoms with Crippen LogP contribution in [0.2, 0.25) is 0 Å². The minimum absolute atomic E-state index is 0.00374. The Bertz CT molecular complexity index is 1300. The van der Waals surface area contributed by atoms with Crippen molar-refractivity contribution < 1.29 is 38.2 Å². The standard InChI is InChI=1S/C52H85NO7/c1-6-8-10-12-14-16-18-20-21-22-23-24-25-26-27-28-29-31-32-34-36-38-40-42-50(54)59-47-48(46-58-45-44-49(52(56)57)53(3,4)5)60-51(55)43-41-39-37-35-33-30-19-17-15-13-11-9-7-2/h8,10,14,16,20-21,23-24,26-27,29-31,33,37,39,48-49H,6-7,9,11-13,15,17-19,22,25,28,32,34-36,38,40-47H2,1-5H3/b10-8+,16-14+,21-20+,24-23+,27-26+,31-29+,33-30+,39-37+. The number of aliphatic carboxylic acids is 1. The van der Waals surface area contributed by atoms with Crippen LogP contribution in [0.15, 0.2) is 97.2 Å². The summed E-state index contributed by atoms with van der Waals surface area (Å²) in [4.78, 5) is 36.8. The van der Waals surface area contributed by atoms with Crippen molar-refractivity contribution in [2.24, 2.45) is 0 Å². The third-order valence-electron chi connectivity index (χ3n) is 9.72. The maximum Gasteiger partial charge on any atom is 0.306 e. The molecule has 0 spiro atoms. The highest BCUT2D eigenvalue weighted by molar-refractivity contribution is 5.70. The van der Waals surface area contributed by atoms with Crippen LogP contribution in [0.5, 0.6) is 0 Å². The number of esters is 2. The van der Waals surface area contributed by atoms with E-state index in [0.717, 1.165) is 83.5 Å². The summed E-state index contributed by atoms with van der Waals surface area (Å²) in [6, 6.07) is -0.744. The van der Waals surface area contributed by atoms with Gasteiger partial charge in [0, 0.05) is 19.3 Å². The minimum Gasteiger partial charge on any atom is -0.544 e. The molecule has 0 aliphatic heterocycles. The zero-order valence-corrected chi connectivity index (χ0v) is 38.6. The summed E-state index contributed by atoms with van der Waals surface area (Å²) in [5.74, 6) is -1.87. The van der Waals surface area contributed by atoms with E-state index in [1.165, 1.54) is 38.5 Å². The van der Waals surface area contributed by atoms with Gasteiger partial charge in [0.2, 0.25) is 0 Å². The highest BCUT2D eigenvalue weighted by Gasteiger charge is 2.25. The van der Waals surface area contributed by atoms with Crippen molar-refractivity contribution in [1.82, 2.24) is 0 Å². The SMILES string of the molecule is CC/C=C/C/C=C/C/C=C/C/C=C/C/C=C/C/C=C/CCCCCCC(=O)OCC(COCCC(C(=O)[O-])[N+](C)(C)C)OC(=O)CC/C=C/C/C=C/CCCCCCCC. The van der Waals surface area contributed by atoms with Crippen molar-refractivity contribution in [2.45, 2.75) is 174 Å². The summed E-state index contributed by atoms with van der Waals surface area (Å²) in [7, 11) is 5.37. The minimum atomic E-state index is -1.14. The van der Waals surface area contributed by atoms with Gasteiger partial charge in [0.1, 0.15) is 12.6 Å². The lowest BCUT2D eigenvalue weighted by atomic mass is 10.1. The second-order valence-corrected chi connectivity index (χ2v) is 16.3. The number of carbonyl (C=O) groups excluding carboxylic acids is 3. The molecule has 0 N–H and O–H groups in total. The van der Waals surface area contributed by atoms with Gasteiger partial charge in [-0.05, 0) is 83.5 Å². The van der Waals surface area contributed by atoms with E-state index in [1.807, 2.05) is 6.08 Å². The van der Waals surface area contributed by atoms with Gasteiger partial charge in [-0.15, -0.1) is 0 Å². The zero-order chi connectivity index (χ0) is 44.2. The molecular weight excluding hydrogens is 751 g/mol. The molecule has 0 aromatic heterocycles. The topological polar surface area (TPSA) is 102 Å². The van der Waals surface area contributed by atoms with E-state index < -0.39 is 24.1 Å². The van der Waals surface area contributed by atoms with Crippen LogP contribution in [-0.2, 0) is 28.6 Å². The second kappa shape index (κ2) is 42.0. The van der Waals surface area contributed by atoms with Crippen LogP contribution in [-0.4, -0.2) is 75.5 Å². The third-order valence-corrected chi connectivity index (χ3v) is 9.72. The molecule has 0 rings (SSSR count). The van der Waals surface area contributed by atoms with Crippen LogP contribution < -0.4 is 5.11 Å². The number of carboxylic acid groups (broad SMARTS) is 1. The number of carbonyl (C=O) groups is 3.